The number of pyridine rings is 1. The molecule has 8 nitrogen and oxygen atoms in total. The maximum absolute atomic E-state index is 11.0. The Balaban J connectivity index is 2.38. The second-order valence-corrected chi connectivity index (χ2v) is 4.01. The molecule has 8 heteroatoms. The minimum atomic E-state index is -1.28. The number of nitro groups is 1. The van der Waals surface area contributed by atoms with Crippen LogP contribution in [-0.4, -0.2) is 28.1 Å². The third kappa shape index (κ3) is 3.24. The summed E-state index contributed by atoms with van der Waals surface area (Å²) in [7, 11) is 1.50. The molecule has 0 aliphatic carbocycles. The summed E-state index contributed by atoms with van der Waals surface area (Å²) in [5.41, 5.74) is -0.136. The fourth-order valence-corrected chi connectivity index (χ4v) is 1.64. The van der Waals surface area contributed by atoms with Crippen molar-refractivity contribution in [1.82, 2.24) is 4.98 Å². The fraction of sp³-hybridized carbons (Fsp3) is 0.0769. The highest BCUT2D eigenvalue weighted by molar-refractivity contribution is 5.89. The van der Waals surface area contributed by atoms with E-state index in [1.54, 1.807) is 24.3 Å². The molecule has 0 radical (unpaired) electrons. The predicted octanol–water partition coefficient (Wildman–Crippen LogP) is 2.44. The van der Waals surface area contributed by atoms with Crippen LogP contribution in [0.2, 0.25) is 0 Å². The lowest BCUT2D eigenvalue weighted by Gasteiger charge is -2.08. The summed E-state index contributed by atoms with van der Waals surface area (Å²) in [5, 5.41) is 22.6. The Morgan fingerprint density at radius 3 is 2.81 bits per heavy atom. The number of ether oxygens (including phenoxy) is 1. The molecule has 21 heavy (non-hydrogen) atoms. The molecule has 0 aliphatic rings. The summed E-state index contributed by atoms with van der Waals surface area (Å²) in [6.45, 7) is 0. The summed E-state index contributed by atoms with van der Waals surface area (Å²) in [6, 6.07) is 7.70. The van der Waals surface area contributed by atoms with E-state index in [-0.39, 0.29) is 11.4 Å². The zero-order valence-electron chi connectivity index (χ0n) is 10.9. The molecular formula is C13H11N3O5. The van der Waals surface area contributed by atoms with Crippen molar-refractivity contribution in [3.05, 3.63) is 52.2 Å². The number of carbonyl (C=O) groups is 1. The molecule has 1 aromatic heterocycles. The van der Waals surface area contributed by atoms with Gasteiger partial charge in [-0.1, -0.05) is 6.07 Å². The van der Waals surface area contributed by atoms with Crippen molar-refractivity contribution in [1.29, 1.82) is 0 Å². The van der Waals surface area contributed by atoms with Crippen LogP contribution in [0.25, 0.3) is 0 Å². The van der Waals surface area contributed by atoms with Crippen LogP contribution in [0.5, 0.6) is 5.75 Å². The fourth-order valence-electron chi connectivity index (χ4n) is 1.64. The maximum Gasteiger partial charge on any atom is 0.337 e. The highest BCUT2D eigenvalue weighted by Crippen LogP contribution is 2.27. The summed E-state index contributed by atoms with van der Waals surface area (Å²) in [6.07, 6.45) is 1.05. The van der Waals surface area contributed by atoms with Gasteiger partial charge in [0, 0.05) is 24.0 Å². The van der Waals surface area contributed by atoms with Crippen molar-refractivity contribution >= 4 is 23.2 Å². The van der Waals surface area contributed by atoms with E-state index >= 15 is 0 Å². The monoisotopic (exact) mass is 289 g/mol. The smallest absolute Gasteiger partial charge is 0.337 e. The van der Waals surface area contributed by atoms with Crippen LogP contribution < -0.4 is 10.1 Å². The molecular weight excluding hydrogens is 278 g/mol. The van der Waals surface area contributed by atoms with Crippen molar-refractivity contribution < 1.29 is 19.6 Å². The first-order chi connectivity index (χ1) is 10.0. The Morgan fingerprint density at radius 2 is 2.19 bits per heavy atom. The molecule has 1 heterocycles. The van der Waals surface area contributed by atoms with Gasteiger partial charge >= 0.3 is 11.7 Å². The van der Waals surface area contributed by atoms with Crippen LogP contribution in [0.15, 0.2) is 36.5 Å². The zero-order valence-corrected chi connectivity index (χ0v) is 10.9. The van der Waals surface area contributed by atoms with Gasteiger partial charge in [-0.2, -0.15) is 0 Å². The Kier molecular flexibility index (Phi) is 3.98. The van der Waals surface area contributed by atoms with Crippen LogP contribution in [0.1, 0.15) is 10.4 Å². The molecule has 2 aromatic rings. The molecule has 2 rings (SSSR count). The number of aromatic carboxylic acids is 1. The number of rotatable bonds is 5. The zero-order chi connectivity index (χ0) is 15.4. The van der Waals surface area contributed by atoms with Gasteiger partial charge in [0.15, 0.2) is 0 Å². The van der Waals surface area contributed by atoms with Gasteiger partial charge < -0.3 is 15.2 Å². The van der Waals surface area contributed by atoms with Crippen LogP contribution in [0.4, 0.5) is 17.2 Å². The maximum atomic E-state index is 11.0. The van der Waals surface area contributed by atoms with Gasteiger partial charge in [-0.15, -0.1) is 0 Å². The normalized spacial score (nSPS) is 9.95. The molecule has 0 atom stereocenters. The van der Waals surface area contributed by atoms with E-state index in [9.17, 15) is 14.9 Å². The number of nitrogens with one attached hydrogen (secondary N) is 1. The molecule has 0 bridgehead atoms. The topological polar surface area (TPSA) is 115 Å². The third-order valence-electron chi connectivity index (χ3n) is 2.64. The van der Waals surface area contributed by atoms with Gasteiger partial charge in [0.25, 0.3) is 0 Å². The molecule has 108 valence electrons. The lowest BCUT2D eigenvalue weighted by Crippen LogP contribution is -2.04. The first-order valence-electron chi connectivity index (χ1n) is 5.80. The summed E-state index contributed by atoms with van der Waals surface area (Å²) >= 11 is 0. The van der Waals surface area contributed by atoms with Crippen LogP contribution in [0.3, 0.4) is 0 Å². The molecule has 2 N–H and O–H groups in total. The number of nitrogens with zero attached hydrogens (tertiary/aromatic N) is 2. The number of methoxy groups -OCH3 is 1. The van der Waals surface area contributed by atoms with Gasteiger partial charge in [0.1, 0.15) is 5.75 Å². The van der Waals surface area contributed by atoms with Crippen molar-refractivity contribution in [2.45, 2.75) is 0 Å². The molecule has 0 saturated carbocycles. The van der Waals surface area contributed by atoms with Gasteiger partial charge in [0.05, 0.1) is 17.6 Å². The first kappa shape index (κ1) is 14.3. The summed E-state index contributed by atoms with van der Waals surface area (Å²) in [5.74, 6) is -0.749. The van der Waals surface area contributed by atoms with Gasteiger partial charge in [-0.05, 0) is 12.1 Å². The minimum absolute atomic E-state index is 0.0433. The molecule has 0 saturated heterocycles. The second-order valence-electron chi connectivity index (χ2n) is 4.01. The number of hydrogen-bond donors (Lipinski definition) is 2. The molecule has 0 fully saturated rings. The Bertz CT molecular complexity index is 702. The standard InChI is InChI=1S/C13H11N3O5/c1-21-10-4-2-3-9(6-10)15-12-11(16(19)20)5-8(7-14-12)13(17)18/h2-7H,1H3,(H,14,15)(H,17,18). The van der Waals surface area contributed by atoms with Crippen LogP contribution >= 0.6 is 0 Å². The van der Waals surface area contributed by atoms with E-state index in [0.29, 0.717) is 11.4 Å². The summed E-state index contributed by atoms with van der Waals surface area (Å²) in [4.78, 5) is 25.0. The highest BCUT2D eigenvalue weighted by atomic mass is 16.6. The number of benzene rings is 1. The van der Waals surface area contributed by atoms with E-state index in [1.165, 1.54) is 7.11 Å². The highest BCUT2D eigenvalue weighted by Gasteiger charge is 2.19. The number of carboxylic acid groups (broad SMARTS) is 1. The van der Waals surface area contributed by atoms with E-state index in [2.05, 4.69) is 10.3 Å². The number of hydrogen-bond acceptors (Lipinski definition) is 6. The second kappa shape index (κ2) is 5.87. The van der Waals surface area contributed by atoms with Gasteiger partial charge in [0.2, 0.25) is 5.82 Å². The van der Waals surface area contributed by atoms with Crippen molar-refractivity contribution in [3.8, 4) is 5.75 Å². The van der Waals surface area contributed by atoms with E-state index in [4.69, 9.17) is 9.84 Å². The van der Waals surface area contributed by atoms with E-state index < -0.39 is 16.6 Å². The molecule has 0 spiro atoms. The van der Waals surface area contributed by atoms with Crippen LogP contribution in [0, 0.1) is 10.1 Å². The number of aromatic nitrogens is 1. The molecule has 0 amide bonds. The summed E-state index contributed by atoms with van der Waals surface area (Å²) < 4.78 is 5.05. The number of anilines is 2. The lowest BCUT2D eigenvalue weighted by atomic mass is 10.2. The van der Waals surface area contributed by atoms with Crippen molar-refractivity contribution in [3.63, 3.8) is 0 Å². The molecule has 1 aromatic carbocycles. The Morgan fingerprint density at radius 1 is 1.43 bits per heavy atom. The number of carboxylic acids is 1. The molecule has 0 unspecified atom stereocenters. The quantitative estimate of drug-likeness (QED) is 0.641. The average molecular weight is 289 g/mol. The Hall–Kier alpha value is -3.16. The largest absolute Gasteiger partial charge is 0.497 e. The SMILES string of the molecule is COc1cccc(Nc2ncc(C(=O)O)cc2[N+](=O)[O-])c1. The van der Waals surface area contributed by atoms with E-state index in [0.717, 1.165) is 12.3 Å². The van der Waals surface area contributed by atoms with Gasteiger partial charge in [-0.25, -0.2) is 9.78 Å². The average Bonchev–Trinajstić information content (AvgIpc) is 2.47. The van der Waals surface area contributed by atoms with Gasteiger partial charge in [-0.3, -0.25) is 10.1 Å². The lowest BCUT2D eigenvalue weighted by molar-refractivity contribution is -0.384. The Labute approximate surface area is 119 Å². The minimum Gasteiger partial charge on any atom is -0.497 e. The van der Waals surface area contributed by atoms with Crippen molar-refractivity contribution in [2.75, 3.05) is 12.4 Å². The van der Waals surface area contributed by atoms with Crippen LogP contribution in [-0.2, 0) is 0 Å². The third-order valence-corrected chi connectivity index (χ3v) is 2.64. The first-order valence-corrected chi connectivity index (χ1v) is 5.80. The van der Waals surface area contributed by atoms with Crippen molar-refractivity contribution in [2.24, 2.45) is 0 Å². The molecule has 0 aliphatic heterocycles. The van der Waals surface area contributed by atoms with E-state index in [1.807, 2.05) is 0 Å². The predicted molar refractivity (Wildman–Crippen MR) is 74.1 cm³/mol.